The summed E-state index contributed by atoms with van der Waals surface area (Å²) < 4.78 is 30.8. The first-order valence-corrected chi connectivity index (χ1v) is 29.8. The van der Waals surface area contributed by atoms with Crippen LogP contribution < -0.4 is 15.6 Å². The van der Waals surface area contributed by atoms with Gasteiger partial charge in [0.25, 0.3) is 5.91 Å². The zero-order valence-electron chi connectivity index (χ0n) is 46.3. The smallest absolute Gasteiger partial charge is 0.410 e. The van der Waals surface area contributed by atoms with Crippen molar-refractivity contribution >= 4 is 43.3 Å². The van der Waals surface area contributed by atoms with Crippen molar-refractivity contribution in [1.82, 2.24) is 20.1 Å². The number of rotatable bonds is 21. The number of aliphatic hydroxyl groups is 1. The maximum atomic E-state index is 14.2. The highest BCUT2D eigenvalue weighted by Crippen LogP contribution is 2.42. The molecule has 2 atom stereocenters. The Kier molecular flexibility index (Phi) is 19.4. The number of aromatic amines is 1. The number of likely N-dealkylation sites (tertiary alicyclic amines) is 1. The van der Waals surface area contributed by atoms with Gasteiger partial charge in [0.15, 0.2) is 8.32 Å². The van der Waals surface area contributed by atoms with E-state index in [0.29, 0.717) is 56.6 Å². The summed E-state index contributed by atoms with van der Waals surface area (Å²) in [5.41, 5.74) is 0.548. The molecule has 3 N–H and O–H groups in total. The Morgan fingerprint density at radius 2 is 1.38 bits per heavy atom. The van der Waals surface area contributed by atoms with E-state index in [-0.39, 0.29) is 66.1 Å². The van der Waals surface area contributed by atoms with Gasteiger partial charge in [-0.2, -0.15) is 0 Å². The van der Waals surface area contributed by atoms with Crippen molar-refractivity contribution in [3.05, 3.63) is 183 Å². The van der Waals surface area contributed by atoms with Gasteiger partial charge >= 0.3 is 18.2 Å². The van der Waals surface area contributed by atoms with Crippen LogP contribution in [0.4, 0.5) is 9.59 Å². The number of nitrogens with one attached hydrogen (secondary N) is 2. The van der Waals surface area contributed by atoms with E-state index in [9.17, 15) is 29.1 Å². The van der Waals surface area contributed by atoms with Crippen molar-refractivity contribution in [3.8, 4) is 5.75 Å². The van der Waals surface area contributed by atoms with Crippen molar-refractivity contribution in [1.29, 1.82) is 0 Å². The number of fused-ring (bicyclic) bond motifs is 1. The average molecular weight is 1080 g/mol. The van der Waals surface area contributed by atoms with Gasteiger partial charge in [0.2, 0.25) is 11.2 Å². The van der Waals surface area contributed by atoms with Gasteiger partial charge in [-0.3, -0.25) is 9.59 Å². The third-order valence-corrected chi connectivity index (χ3v) is 18.9. The van der Waals surface area contributed by atoms with Gasteiger partial charge in [-0.1, -0.05) is 130 Å². The summed E-state index contributed by atoms with van der Waals surface area (Å²) in [6.07, 6.45) is 0.609. The lowest BCUT2D eigenvalue weighted by Crippen LogP contribution is -2.46. The number of carbonyl (C=O) groups excluding carboxylic acids is 4. The highest BCUT2D eigenvalue weighted by molar-refractivity contribution is 6.74. The van der Waals surface area contributed by atoms with Gasteiger partial charge in [-0.25, -0.2) is 14.4 Å². The van der Waals surface area contributed by atoms with Crippen LogP contribution in [0.2, 0.25) is 18.1 Å². The highest BCUT2D eigenvalue weighted by Gasteiger charge is 2.43. The molecule has 1 aliphatic rings. The van der Waals surface area contributed by atoms with E-state index < -0.39 is 49.7 Å². The molecule has 15 nitrogen and oxygen atoms in total. The minimum Gasteiger partial charge on any atom is -0.487 e. The molecule has 1 aliphatic heterocycles. The van der Waals surface area contributed by atoms with Crippen LogP contribution in [0.3, 0.4) is 0 Å². The lowest BCUT2D eigenvalue weighted by atomic mass is 9.85. The van der Waals surface area contributed by atoms with Crippen molar-refractivity contribution < 1.29 is 47.7 Å². The number of aromatic nitrogens is 1. The monoisotopic (exact) mass is 1080 g/mol. The van der Waals surface area contributed by atoms with Crippen molar-refractivity contribution in [3.63, 3.8) is 0 Å². The van der Waals surface area contributed by atoms with Crippen LogP contribution in [0.15, 0.2) is 144 Å². The Bertz CT molecular complexity index is 3020. The maximum absolute atomic E-state index is 14.2. The topological polar surface area (TPSA) is 186 Å². The number of benzene rings is 5. The Labute approximate surface area is 459 Å². The molecule has 0 spiro atoms. The zero-order valence-corrected chi connectivity index (χ0v) is 47.3. The number of ether oxygens (including phenoxy) is 4. The van der Waals surface area contributed by atoms with Gasteiger partial charge in [-0.15, -0.1) is 0 Å². The van der Waals surface area contributed by atoms with E-state index in [4.69, 9.17) is 23.4 Å². The lowest BCUT2D eigenvalue weighted by Gasteiger charge is -2.41. The number of amides is 3. The summed E-state index contributed by atoms with van der Waals surface area (Å²) >= 11 is 0. The molecule has 78 heavy (non-hydrogen) atoms. The van der Waals surface area contributed by atoms with E-state index in [1.54, 1.807) is 64.4 Å². The molecule has 0 radical (unpaired) electrons. The summed E-state index contributed by atoms with van der Waals surface area (Å²) in [7, 11) is -2.51. The van der Waals surface area contributed by atoms with Gasteiger partial charge < -0.3 is 48.6 Å². The van der Waals surface area contributed by atoms with E-state index in [1.165, 1.54) is 12.1 Å². The van der Waals surface area contributed by atoms with Crippen LogP contribution in [0.25, 0.3) is 10.9 Å². The Morgan fingerprint density at radius 1 is 0.756 bits per heavy atom. The molecule has 6 aromatic rings. The summed E-state index contributed by atoms with van der Waals surface area (Å²) in [6.45, 7) is 18.3. The van der Waals surface area contributed by atoms with Crippen LogP contribution in [0, 0.1) is 5.92 Å². The first-order valence-electron chi connectivity index (χ1n) is 26.9. The summed E-state index contributed by atoms with van der Waals surface area (Å²) in [4.78, 5) is 74.0. The highest BCUT2D eigenvalue weighted by atomic mass is 28.4. The number of piperidine rings is 1. The van der Waals surface area contributed by atoms with Crippen molar-refractivity contribution in [2.24, 2.45) is 5.92 Å². The molecule has 1 fully saturated rings. The van der Waals surface area contributed by atoms with E-state index >= 15 is 0 Å². The fourth-order valence-electron chi connectivity index (χ4n) is 8.99. The molecule has 7 rings (SSSR count). The minimum absolute atomic E-state index is 0.0355. The number of H-pyrrole nitrogens is 1. The molecule has 0 aliphatic carbocycles. The minimum atomic E-state index is -2.51. The quantitative estimate of drug-likeness (QED) is 0.0269. The second kappa shape index (κ2) is 25.9. The predicted molar refractivity (Wildman–Crippen MR) is 304 cm³/mol. The first kappa shape index (κ1) is 58.4. The third-order valence-electron chi connectivity index (χ3n) is 14.5. The second-order valence-electron chi connectivity index (χ2n) is 22.5. The SMILES string of the molecule is CC(C)(C)OC(=O)N(CCCCNC(=O)c1cccc(C(O)(C(=O)OCC2CCN(C(=O)OCc3ccccc3)CC2)c2ccccc2)c1)C[C@H](O[Si](C)(C)C(C)(C)C)c1ccc(OCc2ccccc2)c2[nH]c(=O)ccc12. The third kappa shape index (κ3) is 15.5. The molecular weight excluding hydrogens is 1000 g/mol. The molecule has 414 valence electrons. The number of pyridine rings is 1. The number of carbonyl (C=O) groups is 4. The average Bonchev–Trinajstić information content (AvgIpc) is 3.42. The van der Waals surface area contributed by atoms with Crippen molar-refractivity contribution in [2.75, 3.05) is 39.3 Å². The normalized spacial score (nSPS) is 14.4. The molecule has 1 aromatic heterocycles. The lowest BCUT2D eigenvalue weighted by molar-refractivity contribution is -0.164. The van der Waals surface area contributed by atoms with Gasteiger partial charge in [0, 0.05) is 48.8 Å². The number of hydrogen-bond acceptors (Lipinski definition) is 11. The molecule has 3 amide bonds. The van der Waals surface area contributed by atoms with Crippen LogP contribution in [0.1, 0.15) is 112 Å². The Morgan fingerprint density at radius 3 is 2.03 bits per heavy atom. The molecule has 0 saturated carbocycles. The summed E-state index contributed by atoms with van der Waals surface area (Å²) in [5, 5.41) is 15.9. The van der Waals surface area contributed by atoms with Crippen molar-refractivity contribution in [2.45, 2.75) is 116 Å². The number of hydrogen-bond donors (Lipinski definition) is 3. The fraction of sp³-hybridized carbons (Fsp3) is 0.403. The number of nitrogens with zero attached hydrogens (tertiary/aromatic N) is 2. The van der Waals surface area contributed by atoms with Crippen LogP contribution in [-0.2, 0) is 42.2 Å². The Balaban J connectivity index is 1.01. The fourth-order valence-corrected chi connectivity index (χ4v) is 10.3. The van der Waals surface area contributed by atoms with Crippen LogP contribution in [0.5, 0.6) is 5.75 Å². The summed E-state index contributed by atoms with van der Waals surface area (Å²) in [5.74, 6) is -0.832. The second-order valence-corrected chi connectivity index (χ2v) is 27.3. The number of unbranched alkanes of at least 4 members (excludes halogenated alkanes) is 1. The first-order chi connectivity index (χ1) is 37.1. The Hall–Kier alpha value is -7.27. The molecule has 5 aromatic carbocycles. The van der Waals surface area contributed by atoms with Gasteiger partial charge in [0.1, 0.15) is 24.6 Å². The molecule has 1 unspecified atom stereocenters. The van der Waals surface area contributed by atoms with E-state index in [1.807, 2.05) is 93.6 Å². The van der Waals surface area contributed by atoms with E-state index in [0.717, 1.165) is 22.1 Å². The zero-order chi connectivity index (χ0) is 56.1. The molecule has 0 bridgehead atoms. The largest absolute Gasteiger partial charge is 0.487 e. The van der Waals surface area contributed by atoms with Gasteiger partial charge in [0.05, 0.1) is 24.8 Å². The standard InChI is InChI=1S/C62H76N4O11Si/c1-60(2,3)76-59(71)66(40-53(77-78(7,8)61(4,5)6)50-29-31-52(55-51(50)30-32-54(67)64-55)73-41-44-21-12-9-13-22-44)36-19-18-35-63-56(68)47-25-20-28-49(39-47)62(72,48-26-16-11-17-27-48)57(69)74-42-46-33-37-65(38-34-46)58(70)75-43-45-23-14-10-15-24-45/h9-17,20-32,39,46,53,72H,18-19,33-38,40-43H2,1-8H3,(H,63,68)(H,64,67)/t53-,62?/m0/s1. The predicted octanol–water partition coefficient (Wildman–Crippen LogP) is 11.4. The number of esters is 1. The van der Waals surface area contributed by atoms with Gasteiger partial charge in [-0.05, 0) is 117 Å². The van der Waals surface area contributed by atoms with Crippen LogP contribution >= 0.6 is 0 Å². The molecule has 1 saturated heterocycles. The maximum Gasteiger partial charge on any atom is 0.410 e. The van der Waals surface area contributed by atoms with E-state index in [2.05, 4.69) is 44.2 Å². The molecule has 2 heterocycles. The van der Waals surface area contributed by atoms with Crippen LogP contribution in [-0.4, -0.2) is 97.2 Å². The molecular formula is C62H76N4O11Si. The summed E-state index contributed by atoms with van der Waals surface area (Å²) in [6, 6.07) is 41.1. The molecule has 16 heteroatoms.